The summed E-state index contributed by atoms with van der Waals surface area (Å²) in [4.78, 5) is 4.00. The Morgan fingerprint density at radius 1 is 1.00 bits per heavy atom. The van der Waals surface area contributed by atoms with Crippen molar-refractivity contribution in [2.45, 2.75) is 20.0 Å². The molecule has 0 saturated carbocycles. The number of benzene rings is 1. The van der Waals surface area contributed by atoms with Crippen molar-refractivity contribution in [1.82, 2.24) is 10.3 Å². The number of hydrogen-bond donors (Lipinski definition) is 1. The summed E-state index contributed by atoms with van der Waals surface area (Å²) in [6, 6.07) is 12.5. The summed E-state index contributed by atoms with van der Waals surface area (Å²) in [5, 5.41) is 3.43. The van der Waals surface area contributed by atoms with Gasteiger partial charge in [-0.2, -0.15) is 0 Å². The van der Waals surface area contributed by atoms with E-state index >= 15 is 0 Å². The molecule has 0 fully saturated rings. The number of halogens is 1. The van der Waals surface area contributed by atoms with E-state index in [1.807, 2.05) is 24.5 Å². The second kappa shape index (κ2) is 7.05. The van der Waals surface area contributed by atoms with Crippen LogP contribution in [0.25, 0.3) is 0 Å². The van der Waals surface area contributed by atoms with Crippen molar-refractivity contribution >= 4 is 0 Å². The van der Waals surface area contributed by atoms with Crippen LogP contribution in [0.4, 0.5) is 0 Å². The fourth-order valence-electron chi connectivity index (χ4n) is 1.65. The quantitative estimate of drug-likeness (QED) is 0.802. The van der Waals surface area contributed by atoms with Gasteiger partial charge in [-0.1, -0.05) is 24.3 Å². The van der Waals surface area contributed by atoms with Crippen molar-refractivity contribution in [2.24, 2.45) is 0 Å². The molecule has 1 N–H and O–H groups in total. The smallest absolute Gasteiger partial charge is 0.0271 e. The van der Waals surface area contributed by atoms with E-state index in [9.17, 15) is 0 Å². The molecule has 0 aliphatic rings. The fourth-order valence-corrected chi connectivity index (χ4v) is 1.65. The summed E-state index contributed by atoms with van der Waals surface area (Å²) in [5.74, 6) is 0. The number of aromatic nitrogens is 1. The summed E-state index contributed by atoms with van der Waals surface area (Å²) < 4.78 is 0. The molecule has 0 spiro atoms. The monoisotopic (exact) mass is 247 g/mol. The lowest BCUT2D eigenvalue weighted by Gasteiger charge is -2.07. The van der Waals surface area contributed by atoms with Crippen LogP contribution < -0.4 is 17.7 Å². The minimum Gasteiger partial charge on any atom is -1.00 e. The number of rotatable bonds is 4. The normalized spacial score (nSPS) is 9.71. The number of nitrogens with one attached hydrogen (secondary N) is 1. The topological polar surface area (TPSA) is 24.9 Å². The molecule has 1 aromatic heterocycles. The molecule has 0 amide bonds. The van der Waals surface area contributed by atoms with Gasteiger partial charge in [-0.25, -0.2) is 0 Å². The number of aryl methyl sites for hydroxylation is 1. The van der Waals surface area contributed by atoms with Crippen LogP contribution in [0.2, 0.25) is 0 Å². The Labute approximate surface area is 109 Å². The molecule has 90 valence electrons. The van der Waals surface area contributed by atoms with E-state index in [1.54, 1.807) is 0 Å². The Kier molecular flexibility index (Phi) is 5.67. The van der Waals surface area contributed by atoms with Gasteiger partial charge < -0.3 is 17.7 Å². The van der Waals surface area contributed by atoms with Crippen molar-refractivity contribution in [2.75, 3.05) is 0 Å². The first kappa shape index (κ1) is 13.7. The summed E-state index contributed by atoms with van der Waals surface area (Å²) in [6.07, 6.45) is 3.65. The molecule has 0 radical (unpaired) electrons. The maximum atomic E-state index is 4.00. The minimum absolute atomic E-state index is 0. The molecule has 0 unspecified atom stereocenters. The van der Waals surface area contributed by atoms with Crippen LogP contribution in [0.3, 0.4) is 0 Å². The van der Waals surface area contributed by atoms with E-state index in [2.05, 4.69) is 41.5 Å². The van der Waals surface area contributed by atoms with Crippen LogP contribution in [0.1, 0.15) is 16.7 Å². The molecule has 1 aromatic carbocycles. The van der Waals surface area contributed by atoms with Gasteiger partial charge in [0.05, 0.1) is 0 Å². The molecule has 0 atom stereocenters. The zero-order chi connectivity index (χ0) is 11.2. The average Bonchev–Trinajstić information content (AvgIpc) is 2.33. The maximum absolute atomic E-state index is 4.00. The molecular weight excluding hydrogens is 232 g/mol. The lowest BCUT2D eigenvalue weighted by Crippen LogP contribution is -3.00. The highest BCUT2D eigenvalue weighted by molar-refractivity contribution is 5.25. The molecule has 2 rings (SSSR count). The van der Waals surface area contributed by atoms with Gasteiger partial charge in [0.15, 0.2) is 0 Å². The van der Waals surface area contributed by atoms with Gasteiger partial charge in [0.25, 0.3) is 0 Å². The summed E-state index contributed by atoms with van der Waals surface area (Å²) in [5.41, 5.74) is 3.96. The molecule has 0 bridgehead atoms. The van der Waals surface area contributed by atoms with E-state index < -0.39 is 0 Å². The average molecular weight is 248 g/mol. The van der Waals surface area contributed by atoms with Crippen LogP contribution in [-0.2, 0) is 13.1 Å². The van der Waals surface area contributed by atoms with E-state index in [1.165, 1.54) is 16.7 Å². The first-order valence-corrected chi connectivity index (χ1v) is 5.50. The van der Waals surface area contributed by atoms with E-state index in [0.717, 1.165) is 13.1 Å². The molecule has 17 heavy (non-hydrogen) atoms. The Morgan fingerprint density at radius 2 is 1.71 bits per heavy atom. The summed E-state index contributed by atoms with van der Waals surface area (Å²) >= 11 is 0. The van der Waals surface area contributed by atoms with Gasteiger partial charge in [0.1, 0.15) is 0 Å². The molecule has 1 heterocycles. The van der Waals surface area contributed by atoms with E-state index in [4.69, 9.17) is 0 Å². The minimum atomic E-state index is 0. The first-order chi connectivity index (χ1) is 7.86. The zero-order valence-corrected chi connectivity index (χ0v) is 10.6. The lowest BCUT2D eigenvalue weighted by molar-refractivity contribution is -0.00000340. The SMILES string of the molecule is Cc1ccccc1CNCc1ccncc1.[Cl-]. The van der Waals surface area contributed by atoms with Crippen molar-refractivity contribution in [3.63, 3.8) is 0 Å². The summed E-state index contributed by atoms with van der Waals surface area (Å²) in [7, 11) is 0. The highest BCUT2D eigenvalue weighted by Crippen LogP contribution is 2.06. The van der Waals surface area contributed by atoms with Crippen LogP contribution in [0.5, 0.6) is 0 Å². The largest absolute Gasteiger partial charge is 1.00 e. The van der Waals surface area contributed by atoms with Gasteiger partial charge in [-0.05, 0) is 35.7 Å². The third-order valence-corrected chi connectivity index (χ3v) is 2.66. The second-order valence-electron chi connectivity index (χ2n) is 3.89. The molecule has 0 aliphatic heterocycles. The Morgan fingerprint density at radius 3 is 2.41 bits per heavy atom. The Hall–Kier alpha value is -1.38. The van der Waals surface area contributed by atoms with Crippen molar-refractivity contribution in [1.29, 1.82) is 0 Å². The highest BCUT2D eigenvalue weighted by Gasteiger charge is 1.96. The van der Waals surface area contributed by atoms with Crippen LogP contribution in [-0.4, -0.2) is 4.98 Å². The van der Waals surface area contributed by atoms with Crippen LogP contribution in [0.15, 0.2) is 48.8 Å². The lowest BCUT2D eigenvalue weighted by atomic mass is 10.1. The zero-order valence-electron chi connectivity index (χ0n) is 9.86. The predicted octanol–water partition coefficient (Wildman–Crippen LogP) is -0.316. The highest BCUT2D eigenvalue weighted by atomic mass is 35.5. The number of pyridine rings is 1. The first-order valence-electron chi connectivity index (χ1n) is 5.50. The molecule has 2 aromatic rings. The molecule has 3 heteroatoms. The van der Waals surface area contributed by atoms with Gasteiger partial charge >= 0.3 is 0 Å². The molecule has 0 aliphatic carbocycles. The molecule has 0 saturated heterocycles. The van der Waals surface area contributed by atoms with Gasteiger partial charge in [-0.3, -0.25) is 4.98 Å². The van der Waals surface area contributed by atoms with Crippen molar-refractivity contribution < 1.29 is 12.4 Å². The maximum Gasteiger partial charge on any atom is 0.0271 e. The standard InChI is InChI=1S/C14H16N2.ClH/c1-12-4-2-3-5-14(12)11-16-10-13-6-8-15-9-7-13;/h2-9,16H,10-11H2,1H3;1H/p-1. The molecular formula is C14H16ClN2-. The second-order valence-corrected chi connectivity index (χ2v) is 3.89. The third-order valence-electron chi connectivity index (χ3n) is 2.66. The van der Waals surface area contributed by atoms with Crippen LogP contribution in [0, 0.1) is 6.92 Å². The molecule has 2 nitrogen and oxygen atoms in total. The van der Waals surface area contributed by atoms with E-state index in [0.29, 0.717) is 0 Å². The van der Waals surface area contributed by atoms with Crippen molar-refractivity contribution in [3.05, 3.63) is 65.5 Å². The summed E-state index contributed by atoms with van der Waals surface area (Å²) in [6.45, 7) is 3.94. The van der Waals surface area contributed by atoms with Crippen LogP contribution >= 0.6 is 0 Å². The van der Waals surface area contributed by atoms with Gasteiger partial charge in [-0.15, -0.1) is 0 Å². The number of nitrogens with zero attached hydrogens (tertiary/aromatic N) is 1. The Balaban J connectivity index is 0.00000144. The predicted molar refractivity (Wildman–Crippen MR) is 66.0 cm³/mol. The van der Waals surface area contributed by atoms with E-state index in [-0.39, 0.29) is 12.4 Å². The number of hydrogen-bond acceptors (Lipinski definition) is 2. The third kappa shape index (κ3) is 4.17. The Bertz CT molecular complexity index is 443. The van der Waals surface area contributed by atoms with Gasteiger partial charge in [0.2, 0.25) is 0 Å². The van der Waals surface area contributed by atoms with Gasteiger partial charge in [0, 0.05) is 25.5 Å². The fraction of sp³-hybridized carbons (Fsp3) is 0.214. The van der Waals surface area contributed by atoms with Crippen molar-refractivity contribution in [3.8, 4) is 0 Å².